The maximum Gasteiger partial charge on any atom is 0.338 e. The summed E-state index contributed by atoms with van der Waals surface area (Å²) in [6.07, 6.45) is 0.720. The van der Waals surface area contributed by atoms with Gasteiger partial charge in [0, 0.05) is 5.69 Å². The highest BCUT2D eigenvalue weighted by molar-refractivity contribution is 5.98. The summed E-state index contributed by atoms with van der Waals surface area (Å²) in [5.74, 6) is -0.850. The Hall–Kier alpha value is -3.40. The van der Waals surface area contributed by atoms with E-state index in [1.165, 1.54) is 0 Å². The molecule has 0 saturated carbocycles. The van der Waals surface area contributed by atoms with Crippen LogP contribution in [0, 0.1) is 0 Å². The molecule has 154 valence electrons. The number of esters is 1. The van der Waals surface area contributed by atoms with E-state index in [4.69, 9.17) is 4.74 Å². The van der Waals surface area contributed by atoms with Gasteiger partial charge in [-0.05, 0) is 54.2 Å². The number of nitrogens with one attached hydrogen (secondary N) is 1. The number of anilines is 1. The highest BCUT2D eigenvalue weighted by Gasteiger charge is 2.20. The van der Waals surface area contributed by atoms with Crippen LogP contribution in [-0.2, 0) is 22.4 Å². The van der Waals surface area contributed by atoms with Gasteiger partial charge >= 0.3 is 5.97 Å². The predicted molar refractivity (Wildman–Crippen MR) is 121 cm³/mol. The van der Waals surface area contributed by atoms with Crippen LogP contribution in [0.1, 0.15) is 42.3 Å². The van der Waals surface area contributed by atoms with Gasteiger partial charge in [0.2, 0.25) is 0 Å². The molecule has 4 heteroatoms. The molecule has 0 aliphatic rings. The molecule has 1 unspecified atom stereocenters. The van der Waals surface area contributed by atoms with E-state index in [0.717, 1.165) is 40.8 Å². The van der Waals surface area contributed by atoms with Gasteiger partial charge < -0.3 is 10.1 Å². The lowest BCUT2D eigenvalue weighted by Gasteiger charge is -2.18. The van der Waals surface area contributed by atoms with Crippen molar-refractivity contribution in [3.63, 3.8) is 0 Å². The van der Waals surface area contributed by atoms with Crippen LogP contribution in [0.4, 0.5) is 5.69 Å². The molecule has 3 aromatic rings. The highest BCUT2D eigenvalue weighted by atomic mass is 16.5. The van der Waals surface area contributed by atoms with E-state index in [-0.39, 0.29) is 5.91 Å². The van der Waals surface area contributed by atoms with Crippen molar-refractivity contribution >= 4 is 17.6 Å². The minimum Gasteiger partial charge on any atom is -0.449 e. The van der Waals surface area contributed by atoms with Crippen molar-refractivity contribution < 1.29 is 14.3 Å². The SMILES string of the molecule is CCc1cccc(CC)c1NC(=O)C(C)OC(=O)c1ccc(-c2ccccc2)cc1. The third-order valence-electron chi connectivity index (χ3n) is 5.13. The normalized spacial score (nSPS) is 11.6. The number of amides is 1. The Morgan fingerprint density at radius 3 is 1.93 bits per heavy atom. The van der Waals surface area contributed by atoms with E-state index in [2.05, 4.69) is 5.32 Å². The molecule has 0 saturated heterocycles. The fraction of sp³-hybridized carbons (Fsp3) is 0.231. The molecular weight excluding hydrogens is 374 g/mol. The molecule has 3 aromatic carbocycles. The fourth-order valence-electron chi connectivity index (χ4n) is 3.34. The summed E-state index contributed by atoms with van der Waals surface area (Å²) in [5.41, 5.74) is 5.46. The number of aryl methyl sites for hydroxylation is 2. The topological polar surface area (TPSA) is 55.4 Å². The van der Waals surface area contributed by atoms with Crippen LogP contribution in [0.15, 0.2) is 72.8 Å². The number of ether oxygens (including phenoxy) is 1. The molecule has 1 N–H and O–H groups in total. The third kappa shape index (κ3) is 4.95. The van der Waals surface area contributed by atoms with E-state index < -0.39 is 12.1 Å². The van der Waals surface area contributed by atoms with Crippen LogP contribution >= 0.6 is 0 Å². The molecule has 4 nitrogen and oxygen atoms in total. The summed E-state index contributed by atoms with van der Waals surface area (Å²) in [4.78, 5) is 25.2. The quantitative estimate of drug-likeness (QED) is 0.520. The van der Waals surface area contributed by atoms with Crippen LogP contribution in [0.25, 0.3) is 11.1 Å². The number of rotatable bonds is 7. The second kappa shape index (κ2) is 9.88. The van der Waals surface area contributed by atoms with E-state index in [1.54, 1.807) is 19.1 Å². The number of hydrogen-bond acceptors (Lipinski definition) is 3. The van der Waals surface area contributed by atoms with E-state index in [9.17, 15) is 9.59 Å². The molecule has 0 aliphatic carbocycles. The van der Waals surface area contributed by atoms with E-state index >= 15 is 0 Å². The van der Waals surface area contributed by atoms with Crippen LogP contribution in [0.2, 0.25) is 0 Å². The Bertz CT molecular complexity index is 988. The first-order chi connectivity index (χ1) is 14.5. The number of hydrogen-bond donors (Lipinski definition) is 1. The molecule has 30 heavy (non-hydrogen) atoms. The van der Waals surface area contributed by atoms with Crippen molar-refractivity contribution in [3.05, 3.63) is 89.5 Å². The molecule has 0 spiro atoms. The second-order valence-electron chi connectivity index (χ2n) is 7.14. The molecule has 1 atom stereocenters. The number of carbonyl (C=O) groups excluding carboxylic acids is 2. The van der Waals surface area contributed by atoms with Crippen molar-refractivity contribution in [2.75, 3.05) is 5.32 Å². The van der Waals surface area contributed by atoms with Gasteiger partial charge in [0.15, 0.2) is 6.10 Å². The predicted octanol–water partition coefficient (Wildman–Crippen LogP) is 5.66. The molecule has 1 amide bonds. The summed E-state index contributed by atoms with van der Waals surface area (Å²) in [5, 5.41) is 2.95. The highest BCUT2D eigenvalue weighted by Crippen LogP contribution is 2.23. The maximum absolute atomic E-state index is 12.7. The van der Waals surface area contributed by atoms with E-state index in [0.29, 0.717) is 5.56 Å². The van der Waals surface area contributed by atoms with Gasteiger partial charge in [-0.1, -0.05) is 74.5 Å². The van der Waals surface area contributed by atoms with Crippen LogP contribution in [-0.4, -0.2) is 18.0 Å². The zero-order valence-corrected chi connectivity index (χ0v) is 17.6. The zero-order valence-electron chi connectivity index (χ0n) is 17.6. The lowest BCUT2D eigenvalue weighted by Crippen LogP contribution is -2.30. The first-order valence-electron chi connectivity index (χ1n) is 10.3. The van der Waals surface area contributed by atoms with E-state index in [1.807, 2.05) is 74.5 Å². The summed E-state index contributed by atoms with van der Waals surface area (Å²) in [6.45, 7) is 5.69. The standard InChI is InChI=1S/C26H27NO3/c1-4-19-12-9-13-20(5-2)24(19)27-25(28)18(3)30-26(29)23-16-14-22(15-17-23)21-10-7-6-8-11-21/h6-18H,4-5H2,1-3H3,(H,27,28). The van der Waals surface area contributed by atoms with Crippen LogP contribution in [0.3, 0.4) is 0 Å². The Morgan fingerprint density at radius 2 is 1.37 bits per heavy atom. The molecule has 3 rings (SSSR count). The number of carbonyl (C=O) groups is 2. The van der Waals surface area contributed by atoms with Crippen molar-refractivity contribution in [1.29, 1.82) is 0 Å². The summed E-state index contributed by atoms with van der Waals surface area (Å²) in [7, 11) is 0. The Kier molecular flexibility index (Phi) is 7.02. The average molecular weight is 402 g/mol. The minimum absolute atomic E-state index is 0.333. The van der Waals surface area contributed by atoms with Crippen molar-refractivity contribution in [1.82, 2.24) is 0 Å². The van der Waals surface area contributed by atoms with Gasteiger partial charge in [-0.3, -0.25) is 4.79 Å². The van der Waals surface area contributed by atoms with Crippen molar-refractivity contribution in [2.45, 2.75) is 39.7 Å². The van der Waals surface area contributed by atoms with Gasteiger partial charge in [-0.25, -0.2) is 4.79 Å². The second-order valence-corrected chi connectivity index (χ2v) is 7.14. The fourth-order valence-corrected chi connectivity index (χ4v) is 3.34. The van der Waals surface area contributed by atoms with Gasteiger partial charge in [-0.2, -0.15) is 0 Å². The smallest absolute Gasteiger partial charge is 0.338 e. The molecular formula is C26H27NO3. The lowest BCUT2D eigenvalue weighted by molar-refractivity contribution is -0.123. The summed E-state index contributed by atoms with van der Waals surface area (Å²) < 4.78 is 5.41. The van der Waals surface area contributed by atoms with Gasteiger partial charge in [-0.15, -0.1) is 0 Å². The largest absolute Gasteiger partial charge is 0.449 e. The van der Waals surface area contributed by atoms with Gasteiger partial charge in [0.05, 0.1) is 5.56 Å². The lowest BCUT2D eigenvalue weighted by atomic mass is 10.0. The Balaban J connectivity index is 1.66. The van der Waals surface area contributed by atoms with Crippen LogP contribution in [0.5, 0.6) is 0 Å². The Morgan fingerprint density at radius 1 is 0.800 bits per heavy atom. The monoisotopic (exact) mass is 401 g/mol. The van der Waals surface area contributed by atoms with Crippen LogP contribution < -0.4 is 5.32 Å². The maximum atomic E-state index is 12.7. The van der Waals surface area contributed by atoms with Crippen molar-refractivity contribution in [3.8, 4) is 11.1 Å². The third-order valence-corrected chi connectivity index (χ3v) is 5.13. The average Bonchev–Trinajstić information content (AvgIpc) is 2.79. The summed E-state index contributed by atoms with van der Waals surface area (Å²) >= 11 is 0. The first-order valence-corrected chi connectivity index (χ1v) is 10.3. The molecule has 0 aliphatic heterocycles. The molecule has 0 fully saturated rings. The van der Waals surface area contributed by atoms with Gasteiger partial charge in [0.1, 0.15) is 0 Å². The van der Waals surface area contributed by atoms with Crippen molar-refractivity contribution in [2.24, 2.45) is 0 Å². The molecule has 0 heterocycles. The molecule has 0 bridgehead atoms. The zero-order chi connectivity index (χ0) is 21.5. The molecule has 0 radical (unpaired) electrons. The summed E-state index contributed by atoms with van der Waals surface area (Å²) in [6, 6.07) is 23.1. The number of benzene rings is 3. The number of para-hydroxylation sites is 1. The molecule has 0 aromatic heterocycles. The first kappa shape index (κ1) is 21.3. The Labute approximate surface area is 177 Å². The van der Waals surface area contributed by atoms with Gasteiger partial charge in [0.25, 0.3) is 5.91 Å². The minimum atomic E-state index is -0.902.